The highest BCUT2D eigenvalue weighted by molar-refractivity contribution is 5.89. The summed E-state index contributed by atoms with van der Waals surface area (Å²) in [5.74, 6) is 9.89. The molecule has 0 aromatic heterocycles. The molecule has 0 aromatic carbocycles. The third-order valence-electron chi connectivity index (χ3n) is 17.4. The van der Waals surface area contributed by atoms with Crippen LogP contribution in [0.2, 0.25) is 0 Å². The monoisotopic (exact) mass is 836 g/mol. The Morgan fingerprint density at radius 3 is 2.45 bits per heavy atom. The first kappa shape index (κ1) is 46.3. The number of fused-ring (bicyclic) bond motifs is 2. The lowest BCUT2D eigenvalue weighted by Gasteiger charge is -2.42. The molecule has 338 valence electrons. The number of allylic oxidation sites excluding steroid dienone is 2. The van der Waals surface area contributed by atoms with Crippen molar-refractivity contribution in [2.24, 2.45) is 70.3 Å². The van der Waals surface area contributed by atoms with E-state index in [0.717, 1.165) is 51.6 Å². The number of carbonyl (C=O) groups excluding carboxylic acids is 2. The van der Waals surface area contributed by atoms with Crippen molar-refractivity contribution in [2.75, 3.05) is 20.2 Å². The molecule has 2 aliphatic heterocycles. The zero-order valence-electron chi connectivity index (χ0n) is 37.0. The summed E-state index contributed by atoms with van der Waals surface area (Å²) >= 11 is 0. The summed E-state index contributed by atoms with van der Waals surface area (Å²) in [7, 11) is 1.63. The van der Waals surface area contributed by atoms with E-state index in [1.165, 1.54) is 38.5 Å². The Labute approximate surface area is 361 Å². The molecule has 7 rings (SSSR count). The standard InChI is InChI=1S/C50H81N3O7/c1-3-34-30-53-49(51)28-41(34)35(12-11-31-7-5-4-6-8-31)23-43(55)44(56)24-37-18-20-50(47(58)16-14-36-25-46(60-2)45(57)27-40(36)37)19-17-32(22-48(50)59)9-10-33-21-38-13-15-39(54)26-42(38)52-29-33/h11-12,31-38,40-46,48-49,52-53,55-57,59H,3-10,13-17,19,21-30,51H2,1-2H3. The quantitative estimate of drug-likeness (QED) is 0.0886. The number of nitrogens with two attached hydrogens (primary N) is 1. The van der Waals surface area contributed by atoms with Crippen molar-refractivity contribution in [3.05, 3.63) is 12.2 Å². The Kier molecular flexibility index (Phi) is 16.5. The molecular formula is C50H81N3O7. The van der Waals surface area contributed by atoms with Gasteiger partial charge in [-0.2, -0.15) is 0 Å². The summed E-state index contributed by atoms with van der Waals surface area (Å²) in [4.78, 5) is 26.3. The number of aliphatic hydroxyl groups excluding tert-OH is 4. The number of ketones is 2. The number of carbonyl (C=O) groups is 2. The highest BCUT2D eigenvalue weighted by atomic mass is 16.5. The van der Waals surface area contributed by atoms with Crippen LogP contribution >= 0.6 is 0 Å². The molecule has 6 fully saturated rings. The Bertz CT molecular complexity index is 1510. The number of hydrogen-bond donors (Lipinski definition) is 7. The van der Waals surface area contributed by atoms with Crippen LogP contribution in [-0.2, 0) is 14.3 Å². The Morgan fingerprint density at radius 1 is 0.900 bits per heavy atom. The van der Waals surface area contributed by atoms with Crippen molar-refractivity contribution >= 4 is 11.6 Å². The average molecular weight is 836 g/mol. The van der Waals surface area contributed by atoms with Crippen molar-refractivity contribution in [3.8, 4) is 11.8 Å². The maximum absolute atomic E-state index is 14.3. The van der Waals surface area contributed by atoms with Crippen LogP contribution in [0, 0.1) is 76.4 Å². The van der Waals surface area contributed by atoms with E-state index < -0.39 is 29.8 Å². The van der Waals surface area contributed by atoms with Crippen molar-refractivity contribution in [1.82, 2.24) is 10.6 Å². The van der Waals surface area contributed by atoms with Gasteiger partial charge in [0.15, 0.2) is 5.78 Å². The van der Waals surface area contributed by atoms with Crippen LogP contribution < -0.4 is 16.4 Å². The van der Waals surface area contributed by atoms with Gasteiger partial charge in [-0.1, -0.05) is 63.0 Å². The fraction of sp³-hybridized carbons (Fsp3) is 0.880. The smallest absolute Gasteiger partial charge is 0.153 e. The minimum atomic E-state index is -1.14. The van der Waals surface area contributed by atoms with Gasteiger partial charge in [-0.3, -0.25) is 9.59 Å². The minimum Gasteiger partial charge on any atom is -0.391 e. The third kappa shape index (κ3) is 11.2. The van der Waals surface area contributed by atoms with Gasteiger partial charge >= 0.3 is 0 Å². The number of hydrogen-bond acceptors (Lipinski definition) is 10. The van der Waals surface area contributed by atoms with Crippen LogP contribution in [0.25, 0.3) is 0 Å². The van der Waals surface area contributed by atoms with Gasteiger partial charge in [-0.25, -0.2) is 0 Å². The number of Topliss-reactive ketones (excluding diaryl/α,β-unsaturated/α-hetero) is 2. The molecule has 60 heavy (non-hydrogen) atoms. The van der Waals surface area contributed by atoms with E-state index >= 15 is 0 Å². The number of ether oxygens (including phenoxy) is 1. The highest BCUT2D eigenvalue weighted by Gasteiger charge is 2.50. The molecule has 0 bridgehead atoms. The van der Waals surface area contributed by atoms with Crippen LogP contribution in [-0.4, -0.2) is 94.9 Å². The molecule has 7 aliphatic rings. The lowest BCUT2D eigenvalue weighted by atomic mass is 9.64. The number of rotatable bonds is 13. The highest BCUT2D eigenvalue weighted by Crippen LogP contribution is 2.47. The molecular weight excluding hydrogens is 755 g/mol. The number of aliphatic hydroxyl groups is 4. The number of methoxy groups -OCH3 is 1. The molecule has 17 unspecified atom stereocenters. The molecule has 0 radical (unpaired) electrons. The second-order valence-electron chi connectivity index (χ2n) is 21.1. The number of nitrogens with one attached hydrogen (secondary N) is 2. The van der Waals surface area contributed by atoms with Gasteiger partial charge in [0.1, 0.15) is 11.2 Å². The molecule has 0 aromatic rings. The Morgan fingerprint density at radius 2 is 1.68 bits per heavy atom. The normalized spacial score (nSPS) is 42.2. The lowest BCUT2D eigenvalue weighted by Crippen LogP contribution is -2.50. The molecule has 10 heteroatoms. The molecule has 1 spiro atoms. The van der Waals surface area contributed by atoms with E-state index in [4.69, 9.17) is 10.5 Å². The average Bonchev–Trinajstić information content (AvgIpc) is 3.30. The predicted octanol–water partition coefficient (Wildman–Crippen LogP) is 5.82. The van der Waals surface area contributed by atoms with Crippen LogP contribution in [0.5, 0.6) is 0 Å². The van der Waals surface area contributed by atoms with E-state index in [1.54, 1.807) is 7.11 Å². The van der Waals surface area contributed by atoms with Crippen LogP contribution in [0.15, 0.2) is 12.2 Å². The summed E-state index contributed by atoms with van der Waals surface area (Å²) in [6.45, 7) is 4.04. The molecule has 5 aliphatic carbocycles. The van der Waals surface area contributed by atoms with Crippen molar-refractivity contribution in [2.45, 2.75) is 191 Å². The zero-order chi connectivity index (χ0) is 42.4. The maximum Gasteiger partial charge on any atom is 0.153 e. The molecule has 4 saturated carbocycles. The molecule has 2 heterocycles. The van der Waals surface area contributed by atoms with Gasteiger partial charge in [-0.05, 0) is 156 Å². The summed E-state index contributed by atoms with van der Waals surface area (Å²) in [6, 6.07) is 0.338. The fourth-order valence-corrected chi connectivity index (χ4v) is 13.4. The first-order valence-corrected chi connectivity index (χ1v) is 24.7. The van der Waals surface area contributed by atoms with E-state index in [-0.39, 0.29) is 48.1 Å². The first-order chi connectivity index (χ1) is 29.0. The molecule has 2 saturated heterocycles. The van der Waals surface area contributed by atoms with Gasteiger partial charge in [-0.15, -0.1) is 0 Å². The Hall–Kier alpha value is -1.68. The second-order valence-corrected chi connectivity index (χ2v) is 21.1. The van der Waals surface area contributed by atoms with E-state index in [9.17, 15) is 30.0 Å². The van der Waals surface area contributed by atoms with E-state index in [1.807, 2.05) is 0 Å². The van der Waals surface area contributed by atoms with Crippen molar-refractivity contribution in [3.63, 3.8) is 0 Å². The van der Waals surface area contributed by atoms with Crippen molar-refractivity contribution in [1.29, 1.82) is 0 Å². The molecule has 10 nitrogen and oxygen atoms in total. The van der Waals surface area contributed by atoms with Crippen LogP contribution in [0.1, 0.15) is 148 Å². The first-order valence-electron chi connectivity index (χ1n) is 24.7. The van der Waals surface area contributed by atoms with Gasteiger partial charge in [0.05, 0.1) is 36.7 Å². The van der Waals surface area contributed by atoms with Gasteiger partial charge in [0.25, 0.3) is 0 Å². The molecule has 17 atom stereocenters. The number of piperidine rings is 2. The third-order valence-corrected chi connectivity index (χ3v) is 17.4. The van der Waals surface area contributed by atoms with E-state index in [2.05, 4.69) is 41.6 Å². The second kappa shape index (κ2) is 21.3. The van der Waals surface area contributed by atoms with Gasteiger partial charge < -0.3 is 41.5 Å². The van der Waals surface area contributed by atoms with Crippen LogP contribution in [0.3, 0.4) is 0 Å². The summed E-state index contributed by atoms with van der Waals surface area (Å²) in [5, 5.41) is 54.3. The summed E-state index contributed by atoms with van der Waals surface area (Å²) in [6.07, 6.45) is 19.2. The molecule has 8 N–H and O–H groups in total. The lowest BCUT2D eigenvalue weighted by molar-refractivity contribution is -0.135. The summed E-state index contributed by atoms with van der Waals surface area (Å²) in [5.41, 5.74) is 5.34. The maximum atomic E-state index is 14.3. The van der Waals surface area contributed by atoms with Gasteiger partial charge in [0.2, 0.25) is 0 Å². The predicted molar refractivity (Wildman–Crippen MR) is 234 cm³/mol. The topological polar surface area (TPSA) is 174 Å². The van der Waals surface area contributed by atoms with Gasteiger partial charge in [0, 0.05) is 38.3 Å². The zero-order valence-corrected chi connectivity index (χ0v) is 37.0. The Balaban J connectivity index is 1.06. The van der Waals surface area contributed by atoms with E-state index in [0.29, 0.717) is 105 Å². The SMILES string of the molecule is CCC1CNC(N)CC1C(C=CC1CCCCC1)CC(O)C(O)CC1C#CC2(CCC(CCC3CNC4CC(=O)CCC4C3)CC2O)C(=O)CCC2CC(OC)C(O)CC12. The molecule has 0 amide bonds. The van der Waals surface area contributed by atoms with Crippen LogP contribution in [0.4, 0.5) is 0 Å². The minimum absolute atomic E-state index is 0.0219. The largest absolute Gasteiger partial charge is 0.391 e. The van der Waals surface area contributed by atoms with Crippen molar-refractivity contribution < 1.29 is 34.8 Å². The summed E-state index contributed by atoms with van der Waals surface area (Å²) < 4.78 is 5.73. The fourth-order valence-electron chi connectivity index (χ4n) is 13.4.